The highest BCUT2D eigenvalue weighted by Crippen LogP contribution is 2.30. The highest BCUT2D eigenvalue weighted by atomic mass is 16.5. The zero-order valence-corrected chi connectivity index (χ0v) is 10.2. The van der Waals surface area contributed by atoms with E-state index in [4.69, 9.17) is 10.5 Å². The Balaban J connectivity index is 2.69. The number of fused-ring (bicyclic) bond motifs is 1. The van der Waals surface area contributed by atoms with Crippen molar-refractivity contribution >= 4 is 16.7 Å². The Morgan fingerprint density at radius 3 is 2.78 bits per heavy atom. The lowest BCUT2D eigenvalue weighted by Crippen LogP contribution is -2.15. The first kappa shape index (κ1) is 12.2. The molecule has 18 heavy (non-hydrogen) atoms. The van der Waals surface area contributed by atoms with Crippen molar-refractivity contribution < 1.29 is 14.6 Å². The maximum absolute atomic E-state index is 11.4. The molecule has 0 aliphatic carbocycles. The van der Waals surface area contributed by atoms with Gasteiger partial charge in [-0.3, -0.25) is 4.79 Å². The van der Waals surface area contributed by atoms with Crippen molar-refractivity contribution in [3.8, 4) is 11.6 Å². The van der Waals surface area contributed by atoms with E-state index in [0.717, 1.165) is 0 Å². The van der Waals surface area contributed by atoms with Crippen LogP contribution in [0.4, 0.5) is 0 Å². The molecule has 0 radical (unpaired) electrons. The van der Waals surface area contributed by atoms with Gasteiger partial charge in [0.2, 0.25) is 5.88 Å². The van der Waals surface area contributed by atoms with Crippen LogP contribution in [0.25, 0.3) is 10.8 Å². The zero-order chi connectivity index (χ0) is 13.3. The number of ether oxygens (including phenoxy) is 1. The van der Waals surface area contributed by atoms with Crippen LogP contribution in [0.1, 0.15) is 24.2 Å². The van der Waals surface area contributed by atoms with Crippen molar-refractivity contribution in [3.63, 3.8) is 0 Å². The molecule has 2 rings (SSSR count). The van der Waals surface area contributed by atoms with Crippen molar-refractivity contribution in [2.75, 3.05) is 0 Å². The Hall–Kier alpha value is -2.30. The number of aromatic hydroxyl groups is 1. The van der Waals surface area contributed by atoms with Crippen LogP contribution >= 0.6 is 0 Å². The van der Waals surface area contributed by atoms with E-state index in [2.05, 4.69) is 4.98 Å². The number of amides is 1. The SMILES string of the molecule is CC(C)Oc1cc2c(O)nccc2cc1C(N)=O. The molecule has 0 saturated heterocycles. The molecule has 0 fully saturated rings. The monoisotopic (exact) mass is 246 g/mol. The van der Waals surface area contributed by atoms with Crippen molar-refractivity contribution in [2.45, 2.75) is 20.0 Å². The summed E-state index contributed by atoms with van der Waals surface area (Å²) in [5.41, 5.74) is 5.62. The van der Waals surface area contributed by atoms with E-state index in [-0.39, 0.29) is 12.0 Å². The summed E-state index contributed by atoms with van der Waals surface area (Å²) in [5.74, 6) is -0.311. The predicted molar refractivity (Wildman–Crippen MR) is 67.7 cm³/mol. The molecule has 94 valence electrons. The van der Waals surface area contributed by atoms with Gasteiger partial charge in [-0.05, 0) is 37.4 Å². The number of pyridine rings is 1. The van der Waals surface area contributed by atoms with Gasteiger partial charge in [-0.15, -0.1) is 0 Å². The maximum atomic E-state index is 11.4. The Morgan fingerprint density at radius 1 is 1.44 bits per heavy atom. The fraction of sp³-hybridized carbons (Fsp3) is 0.231. The second-order valence-electron chi connectivity index (χ2n) is 4.23. The summed E-state index contributed by atoms with van der Waals surface area (Å²) >= 11 is 0. The predicted octanol–water partition coefficient (Wildman–Crippen LogP) is 1.83. The van der Waals surface area contributed by atoms with Gasteiger partial charge in [0.15, 0.2) is 0 Å². The largest absolute Gasteiger partial charge is 0.493 e. The molecule has 5 heteroatoms. The van der Waals surface area contributed by atoms with Crippen LogP contribution in [-0.2, 0) is 0 Å². The summed E-state index contributed by atoms with van der Waals surface area (Å²) in [6.45, 7) is 3.69. The third kappa shape index (κ3) is 2.20. The van der Waals surface area contributed by atoms with Crippen LogP contribution in [0.15, 0.2) is 24.4 Å². The van der Waals surface area contributed by atoms with Crippen LogP contribution in [0, 0.1) is 0 Å². The molecule has 0 spiro atoms. The quantitative estimate of drug-likeness (QED) is 0.865. The Bertz CT molecular complexity index is 608. The average molecular weight is 246 g/mol. The lowest BCUT2D eigenvalue weighted by molar-refractivity contribution is 0.0995. The molecule has 1 amide bonds. The Morgan fingerprint density at radius 2 is 2.17 bits per heavy atom. The van der Waals surface area contributed by atoms with Gasteiger partial charge in [0, 0.05) is 11.6 Å². The van der Waals surface area contributed by atoms with Crippen molar-refractivity contribution in [2.24, 2.45) is 5.73 Å². The molecule has 3 N–H and O–H groups in total. The van der Waals surface area contributed by atoms with Gasteiger partial charge in [0.25, 0.3) is 5.91 Å². The summed E-state index contributed by atoms with van der Waals surface area (Å²) in [7, 11) is 0. The number of hydrogen-bond donors (Lipinski definition) is 2. The minimum atomic E-state index is -0.566. The van der Waals surface area contributed by atoms with E-state index >= 15 is 0 Å². The number of benzene rings is 1. The van der Waals surface area contributed by atoms with Crippen LogP contribution in [0.5, 0.6) is 11.6 Å². The highest BCUT2D eigenvalue weighted by molar-refractivity contribution is 6.01. The molecule has 1 aromatic carbocycles. The number of carbonyl (C=O) groups is 1. The van der Waals surface area contributed by atoms with E-state index < -0.39 is 5.91 Å². The van der Waals surface area contributed by atoms with E-state index in [0.29, 0.717) is 22.1 Å². The molecule has 0 bridgehead atoms. The number of hydrogen-bond acceptors (Lipinski definition) is 4. The van der Waals surface area contributed by atoms with Gasteiger partial charge in [-0.2, -0.15) is 0 Å². The Labute approximate surface area is 104 Å². The fourth-order valence-corrected chi connectivity index (χ4v) is 1.73. The van der Waals surface area contributed by atoms with Gasteiger partial charge in [0.05, 0.1) is 11.7 Å². The summed E-state index contributed by atoms with van der Waals surface area (Å²) in [6, 6.07) is 4.87. The minimum Gasteiger partial charge on any atom is -0.493 e. The van der Waals surface area contributed by atoms with Crippen LogP contribution in [-0.4, -0.2) is 22.1 Å². The number of nitrogens with two attached hydrogens (primary N) is 1. The molecule has 1 heterocycles. The second kappa shape index (κ2) is 4.52. The number of rotatable bonds is 3. The molecule has 0 aliphatic rings. The third-order valence-corrected chi connectivity index (χ3v) is 2.47. The van der Waals surface area contributed by atoms with Crippen LogP contribution in [0.2, 0.25) is 0 Å². The third-order valence-electron chi connectivity index (χ3n) is 2.47. The van der Waals surface area contributed by atoms with Crippen molar-refractivity contribution in [1.29, 1.82) is 0 Å². The molecule has 5 nitrogen and oxygen atoms in total. The first-order chi connectivity index (χ1) is 8.49. The first-order valence-corrected chi connectivity index (χ1v) is 5.57. The smallest absolute Gasteiger partial charge is 0.252 e. The van der Waals surface area contributed by atoms with E-state index in [9.17, 15) is 9.90 Å². The van der Waals surface area contributed by atoms with Gasteiger partial charge in [0.1, 0.15) is 5.75 Å². The van der Waals surface area contributed by atoms with E-state index in [1.54, 1.807) is 18.2 Å². The van der Waals surface area contributed by atoms with Gasteiger partial charge >= 0.3 is 0 Å². The lowest BCUT2D eigenvalue weighted by Gasteiger charge is -2.14. The summed E-state index contributed by atoms with van der Waals surface area (Å²) < 4.78 is 5.53. The van der Waals surface area contributed by atoms with Gasteiger partial charge < -0.3 is 15.6 Å². The highest BCUT2D eigenvalue weighted by Gasteiger charge is 2.14. The summed E-state index contributed by atoms with van der Waals surface area (Å²) in [5, 5.41) is 10.9. The molecule has 0 aliphatic heterocycles. The molecular formula is C13H14N2O3. The minimum absolute atomic E-state index is 0.0978. The standard InChI is InChI=1S/C13H14N2O3/c1-7(2)18-11-6-9-8(3-4-15-13(9)17)5-10(11)12(14)16/h3-7H,1-2H3,(H2,14,16)(H,15,17). The summed E-state index contributed by atoms with van der Waals surface area (Å²) in [6.07, 6.45) is 1.37. The number of carbonyl (C=O) groups excluding carboxylic acids is 1. The van der Waals surface area contributed by atoms with E-state index in [1.165, 1.54) is 6.20 Å². The topological polar surface area (TPSA) is 85.4 Å². The Kier molecular flexibility index (Phi) is 3.06. The second-order valence-corrected chi connectivity index (χ2v) is 4.23. The number of nitrogens with zero attached hydrogens (tertiary/aromatic N) is 1. The summed E-state index contributed by atoms with van der Waals surface area (Å²) in [4.78, 5) is 15.2. The molecular weight excluding hydrogens is 232 g/mol. The van der Waals surface area contributed by atoms with Gasteiger partial charge in [-0.25, -0.2) is 4.98 Å². The molecule has 0 saturated carbocycles. The molecule has 0 unspecified atom stereocenters. The molecule has 1 aromatic heterocycles. The normalized spacial score (nSPS) is 10.8. The first-order valence-electron chi connectivity index (χ1n) is 5.57. The van der Waals surface area contributed by atoms with Gasteiger partial charge in [-0.1, -0.05) is 0 Å². The van der Waals surface area contributed by atoms with E-state index in [1.807, 2.05) is 13.8 Å². The molecule has 2 aromatic rings. The van der Waals surface area contributed by atoms with Crippen LogP contribution < -0.4 is 10.5 Å². The zero-order valence-electron chi connectivity index (χ0n) is 10.2. The van der Waals surface area contributed by atoms with Crippen molar-refractivity contribution in [3.05, 3.63) is 30.0 Å². The van der Waals surface area contributed by atoms with Crippen LogP contribution in [0.3, 0.4) is 0 Å². The molecule has 0 atom stereocenters. The lowest BCUT2D eigenvalue weighted by atomic mass is 10.1. The number of aromatic nitrogens is 1. The average Bonchev–Trinajstić information content (AvgIpc) is 2.28. The number of primary amides is 1. The fourth-order valence-electron chi connectivity index (χ4n) is 1.73. The van der Waals surface area contributed by atoms with Crippen molar-refractivity contribution in [1.82, 2.24) is 4.98 Å². The maximum Gasteiger partial charge on any atom is 0.252 e.